The van der Waals surface area contributed by atoms with Crippen molar-refractivity contribution >= 4 is 0 Å². The van der Waals surface area contributed by atoms with Crippen LogP contribution in [0.5, 0.6) is 0 Å². The van der Waals surface area contributed by atoms with Gasteiger partial charge >= 0.3 is 0 Å². The lowest BCUT2D eigenvalue weighted by atomic mass is 9.88. The summed E-state index contributed by atoms with van der Waals surface area (Å²) in [6.07, 6.45) is 8.96. The first kappa shape index (κ1) is 9.17. The fraction of sp³-hybridized carbons (Fsp3) is 1.00. The molecule has 3 aliphatic rings. The van der Waals surface area contributed by atoms with E-state index in [0.717, 1.165) is 23.9 Å². The molecule has 0 saturated heterocycles. The lowest BCUT2D eigenvalue weighted by Crippen LogP contribution is -2.50. The van der Waals surface area contributed by atoms with Crippen LogP contribution in [0.25, 0.3) is 0 Å². The quantitative estimate of drug-likeness (QED) is 0.724. The summed E-state index contributed by atoms with van der Waals surface area (Å²) in [5, 5.41) is 3.86. The van der Waals surface area contributed by atoms with E-state index in [-0.39, 0.29) is 0 Å². The van der Waals surface area contributed by atoms with Crippen LogP contribution < -0.4 is 5.32 Å². The summed E-state index contributed by atoms with van der Waals surface area (Å²) < 4.78 is 5.31. The van der Waals surface area contributed by atoms with Gasteiger partial charge in [-0.1, -0.05) is 0 Å². The second-order valence-electron chi connectivity index (χ2n) is 5.39. The van der Waals surface area contributed by atoms with Crippen molar-refractivity contribution in [3.05, 3.63) is 0 Å². The van der Waals surface area contributed by atoms with Crippen molar-refractivity contribution < 1.29 is 4.74 Å². The van der Waals surface area contributed by atoms with Crippen molar-refractivity contribution in [3.63, 3.8) is 0 Å². The maximum Gasteiger partial charge on any atom is 0.0601 e. The molecule has 0 aromatic carbocycles. The topological polar surface area (TPSA) is 21.3 Å². The molecular formula is C12H21NO. The molecule has 0 radical (unpaired) electrons. The van der Waals surface area contributed by atoms with Crippen LogP contribution in [0.15, 0.2) is 0 Å². The van der Waals surface area contributed by atoms with Gasteiger partial charge in [-0.2, -0.15) is 0 Å². The summed E-state index contributed by atoms with van der Waals surface area (Å²) in [6, 6.07) is 1.64. The van der Waals surface area contributed by atoms with Crippen LogP contribution in [0, 0.1) is 11.8 Å². The van der Waals surface area contributed by atoms with Gasteiger partial charge in [0.2, 0.25) is 0 Å². The molecule has 80 valence electrons. The van der Waals surface area contributed by atoms with E-state index in [4.69, 9.17) is 4.74 Å². The average molecular weight is 195 g/mol. The van der Waals surface area contributed by atoms with Crippen LogP contribution in [-0.4, -0.2) is 25.3 Å². The van der Waals surface area contributed by atoms with E-state index in [2.05, 4.69) is 5.32 Å². The number of hydrogen-bond donors (Lipinski definition) is 1. The third kappa shape index (κ3) is 1.82. The van der Waals surface area contributed by atoms with E-state index in [9.17, 15) is 0 Å². The van der Waals surface area contributed by atoms with E-state index in [1.54, 1.807) is 0 Å². The first-order chi connectivity index (χ1) is 6.86. The Morgan fingerprint density at radius 2 is 1.64 bits per heavy atom. The van der Waals surface area contributed by atoms with Gasteiger partial charge in [-0.25, -0.2) is 0 Å². The van der Waals surface area contributed by atoms with Crippen LogP contribution in [0.4, 0.5) is 0 Å². The molecule has 3 saturated carbocycles. The molecule has 0 bridgehead atoms. The largest absolute Gasteiger partial charge is 0.381 e. The lowest BCUT2D eigenvalue weighted by Gasteiger charge is -2.37. The van der Waals surface area contributed by atoms with Gasteiger partial charge < -0.3 is 10.1 Å². The van der Waals surface area contributed by atoms with Gasteiger partial charge in [0.1, 0.15) is 0 Å². The summed E-state index contributed by atoms with van der Waals surface area (Å²) in [7, 11) is 1.83. The van der Waals surface area contributed by atoms with Gasteiger partial charge in [-0.3, -0.25) is 0 Å². The molecule has 0 atom stereocenters. The maximum atomic E-state index is 5.31. The van der Waals surface area contributed by atoms with Crippen LogP contribution in [0.1, 0.15) is 38.5 Å². The van der Waals surface area contributed by atoms with Crippen molar-refractivity contribution in [2.75, 3.05) is 7.11 Å². The van der Waals surface area contributed by atoms with Gasteiger partial charge in [0, 0.05) is 19.2 Å². The highest BCUT2D eigenvalue weighted by Crippen LogP contribution is 2.45. The Labute approximate surface area is 86.4 Å². The third-order valence-corrected chi connectivity index (χ3v) is 4.12. The van der Waals surface area contributed by atoms with Gasteiger partial charge in [0.05, 0.1) is 6.10 Å². The third-order valence-electron chi connectivity index (χ3n) is 4.12. The Bertz CT molecular complexity index is 192. The Hall–Kier alpha value is -0.0800. The van der Waals surface area contributed by atoms with Crippen molar-refractivity contribution in [1.82, 2.24) is 5.32 Å². The molecule has 3 fully saturated rings. The molecule has 2 nitrogen and oxygen atoms in total. The SMILES string of the molecule is COC1CC(NC(C2CC2)C2CC2)C1. The van der Waals surface area contributed by atoms with Crippen LogP contribution in [0.3, 0.4) is 0 Å². The summed E-state index contributed by atoms with van der Waals surface area (Å²) >= 11 is 0. The molecular weight excluding hydrogens is 174 g/mol. The maximum absolute atomic E-state index is 5.31. The van der Waals surface area contributed by atoms with Crippen molar-refractivity contribution in [2.24, 2.45) is 11.8 Å². The number of methoxy groups -OCH3 is 1. The minimum atomic E-state index is 0.548. The fourth-order valence-electron chi connectivity index (χ4n) is 2.73. The number of rotatable bonds is 5. The molecule has 1 N–H and O–H groups in total. The van der Waals surface area contributed by atoms with Gasteiger partial charge in [-0.05, 0) is 50.4 Å². The van der Waals surface area contributed by atoms with E-state index in [1.807, 2.05) is 7.11 Å². The van der Waals surface area contributed by atoms with E-state index in [0.29, 0.717) is 6.10 Å². The van der Waals surface area contributed by atoms with E-state index in [1.165, 1.54) is 38.5 Å². The second kappa shape index (κ2) is 3.49. The molecule has 14 heavy (non-hydrogen) atoms. The molecule has 0 aromatic rings. The summed E-state index contributed by atoms with van der Waals surface area (Å²) in [5.41, 5.74) is 0. The highest BCUT2D eigenvalue weighted by atomic mass is 16.5. The van der Waals surface area contributed by atoms with E-state index < -0.39 is 0 Å². The van der Waals surface area contributed by atoms with Crippen LogP contribution in [-0.2, 0) is 4.74 Å². The molecule has 2 heteroatoms. The molecule has 0 aliphatic heterocycles. The van der Waals surface area contributed by atoms with Gasteiger partial charge in [0.15, 0.2) is 0 Å². The molecule has 3 aliphatic carbocycles. The van der Waals surface area contributed by atoms with Crippen molar-refractivity contribution in [3.8, 4) is 0 Å². The number of nitrogens with one attached hydrogen (secondary N) is 1. The Balaban J connectivity index is 1.46. The number of hydrogen-bond acceptors (Lipinski definition) is 2. The molecule has 0 amide bonds. The normalized spacial score (nSPS) is 37.3. The number of ether oxygens (including phenoxy) is 1. The monoisotopic (exact) mass is 195 g/mol. The van der Waals surface area contributed by atoms with Gasteiger partial charge in [0.25, 0.3) is 0 Å². The van der Waals surface area contributed by atoms with Crippen LogP contribution >= 0.6 is 0 Å². The molecule has 0 spiro atoms. The smallest absolute Gasteiger partial charge is 0.0601 e. The zero-order valence-electron chi connectivity index (χ0n) is 9.04. The van der Waals surface area contributed by atoms with E-state index >= 15 is 0 Å². The molecule has 3 rings (SSSR count). The molecule has 0 heterocycles. The van der Waals surface area contributed by atoms with Gasteiger partial charge in [-0.15, -0.1) is 0 Å². The highest BCUT2D eigenvalue weighted by Gasteiger charge is 2.43. The first-order valence-electron chi connectivity index (χ1n) is 6.15. The zero-order chi connectivity index (χ0) is 9.54. The average Bonchev–Trinajstić information content (AvgIpc) is 2.98. The summed E-state index contributed by atoms with van der Waals surface area (Å²) in [4.78, 5) is 0. The highest BCUT2D eigenvalue weighted by molar-refractivity contribution is 4.99. The Morgan fingerprint density at radius 1 is 1.07 bits per heavy atom. The van der Waals surface area contributed by atoms with Crippen molar-refractivity contribution in [2.45, 2.75) is 56.7 Å². The summed E-state index contributed by atoms with van der Waals surface area (Å²) in [6.45, 7) is 0. The fourth-order valence-corrected chi connectivity index (χ4v) is 2.73. The summed E-state index contributed by atoms with van der Waals surface area (Å²) in [5.74, 6) is 2.06. The molecule has 0 aromatic heterocycles. The predicted molar refractivity (Wildman–Crippen MR) is 56.2 cm³/mol. The zero-order valence-corrected chi connectivity index (χ0v) is 9.04. The van der Waals surface area contributed by atoms with Crippen LogP contribution in [0.2, 0.25) is 0 Å². The lowest BCUT2D eigenvalue weighted by molar-refractivity contribution is 0.0125. The second-order valence-corrected chi connectivity index (χ2v) is 5.39. The Kier molecular flexibility index (Phi) is 2.29. The standard InChI is InChI=1S/C12H21NO/c1-14-11-6-10(7-11)13-12(8-2-3-8)9-4-5-9/h8-13H,2-7H2,1H3. The van der Waals surface area contributed by atoms with Crippen molar-refractivity contribution in [1.29, 1.82) is 0 Å². The Morgan fingerprint density at radius 3 is 2.07 bits per heavy atom. The first-order valence-corrected chi connectivity index (χ1v) is 6.15. The minimum absolute atomic E-state index is 0.548. The molecule has 0 unspecified atom stereocenters. The minimum Gasteiger partial charge on any atom is -0.381 e. The predicted octanol–water partition coefficient (Wildman–Crippen LogP) is 1.94.